The minimum absolute atomic E-state index is 0.223. The van der Waals surface area contributed by atoms with E-state index in [-0.39, 0.29) is 5.54 Å². The Morgan fingerprint density at radius 3 is 2.62 bits per heavy atom. The van der Waals surface area contributed by atoms with E-state index in [9.17, 15) is 0 Å². The number of halogens is 1. The third kappa shape index (κ3) is 3.79. The second-order valence-corrected chi connectivity index (χ2v) is 7.50. The third-order valence-electron chi connectivity index (χ3n) is 4.64. The standard InChI is InChI=1S/C17H28BrN3/c1-6-19-13(2)15-8-7-14(11-16(15)18)21-10-9-20(5)17(3,4)12-21/h7-8,11,13,19H,6,9-10,12H2,1-5H3. The zero-order valence-corrected chi connectivity index (χ0v) is 15.5. The SMILES string of the molecule is CCNC(C)c1ccc(N2CCN(C)C(C)(C)C2)cc1Br. The van der Waals surface area contributed by atoms with Crippen LogP contribution in [-0.4, -0.2) is 43.7 Å². The molecule has 0 amide bonds. The van der Waals surface area contributed by atoms with Crippen molar-refractivity contribution in [1.29, 1.82) is 0 Å². The Morgan fingerprint density at radius 2 is 2.05 bits per heavy atom. The molecule has 21 heavy (non-hydrogen) atoms. The molecule has 1 atom stereocenters. The number of likely N-dealkylation sites (N-methyl/N-ethyl adjacent to an activating group) is 1. The Hall–Kier alpha value is -0.580. The van der Waals surface area contributed by atoms with E-state index in [0.717, 1.165) is 26.2 Å². The number of nitrogens with one attached hydrogen (secondary N) is 1. The Kier molecular flexibility index (Phi) is 5.33. The van der Waals surface area contributed by atoms with Crippen LogP contribution in [0.3, 0.4) is 0 Å². The lowest BCUT2D eigenvalue weighted by atomic mass is 9.99. The monoisotopic (exact) mass is 353 g/mol. The van der Waals surface area contributed by atoms with Gasteiger partial charge in [0, 0.05) is 41.4 Å². The Morgan fingerprint density at radius 1 is 1.33 bits per heavy atom. The molecule has 0 aromatic heterocycles. The fourth-order valence-corrected chi connectivity index (χ4v) is 3.65. The Balaban J connectivity index is 2.17. The van der Waals surface area contributed by atoms with Gasteiger partial charge in [-0.25, -0.2) is 0 Å². The van der Waals surface area contributed by atoms with Crippen molar-refractivity contribution in [3.05, 3.63) is 28.2 Å². The van der Waals surface area contributed by atoms with E-state index in [1.54, 1.807) is 0 Å². The lowest BCUT2D eigenvalue weighted by Gasteiger charge is -2.46. The van der Waals surface area contributed by atoms with Gasteiger partial charge in [-0.2, -0.15) is 0 Å². The van der Waals surface area contributed by atoms with Gasteiger partial charge >= 0.3 is 0 Å². The Bertz CT molecular complexity index is 487. The zero-order valence-electron chi connectivity index (χ0n) is 13.9. The summed E-state index contributed by atoms with van der Waals surface area (Å²) in [5.41, 5.74) is 2.87. The van der Waals surface area contributed by atoms with Gasteiger partial charge in [-0.1, -0.05) is 28.9 Å². The van der Waals surface area contributed by atoms with E-state index in [4.69, 9.17) is 0 Å². The first-order valence-corrected chi connectivity index (χ1v) is 8.63. The van der Waals surface area contributed by atoms with Gasteiger partial charge in [-0.3, -0.25) is 4.90 Å². The molecule has 1 unspecified atom stereocenters. The molecule has 1 aromatic rings. The van der Waals surface area contributed by atoms with Gasteiger partial charge in [0.15, 0.2) is 0 Å². The minimum atomic E-state index is 0.223. The van der Waals surface area contributed by atoms with Crippen molar-refractivity contribution in [1.82, 2.24) is 10.2 Å². The van der Waals surface area contributed by atoms with Crippen LogP contribution in [0.4, 0.5) is 5.69 Å². The van der Waals surface area contributed by atoms with Crippen molar-refractivity contribution < 1.29 is 0 Å². The average molecular weight is 354 g/mol. The van der Waals surface area contributed by atoms with E-state index in [2.05, 4.69) is 84.0 Å². The predicted molar refractivity (Wildman–Crippen MR) is 95.2 cm³/mol. The summed E-state index contributed by atoms with van der Waals surface area (Å²) in [6.07, 6.45) is 0. The molecule has 0 spiro atoms. The highest BCUT2D eigenvalue weighted by Crippen LogP contribution is 2.30. The smallest absolute Gasteiger partial charge is 0.0378 e. The van der Waals surface area contributed by atoms with Crippen molar-refractivity contribution in [3.63, 3.8) is 0 Å². The van der Waals surface area contributed by atoms with Crippen LogP contribution in [-0.2, 0) is 0 Å². The van der Waals surface area contributed by atoms with Crippen molar-refractivity contribution in [2.24, 2.45) is 0 Å². The second-order valence-electron chi connectivity index (χ2n) is 6.64. The summed E-state index contributed by atoms with van der Waals surface area (Å²) < 4.78 is 1.20. The number of hydrogen-bond donors (Lipinski definition) is 1. The molecule has 3 nitrogen and oxygen atoms in total. The molecule has 1 aromatic carbocycles. The molecule has 0 radical (unpaired) electrons. The van der Waals surface area contributed by atoms with Crippen LogP contribution < -0.4 is 10.2 Å². The number of anilines is 1. The van der Waals surface area contributed by atoms with Crippen LogP contribution in [0.2, 0.25) is 0 Å². The molecule has 1 fully saturated rings. The molecule has 118 valence electrons. The van der Waals surface area contributed by atoms with Gasteiger partial charge in [0.25, 0.3) is 0 Å². The molecule has 1 N–H and O–H groups in total. The van der Waals surface area contributed by atoms with Gasteiger partial charge in [0.1, 0.15) is 0 Å². The second kappa shape index (κ2) is 6.67. The van der Waals surface area contributed by atoms with Crippen LogP contribution in [0.5, 0.6) is 0 Å². The fraction of sp³-hybridized carbons (Fsp3) is 0.647. The molecule has 0 saturated carbocycles. The third-order valence-corrected chi connectivity index (χ3v) is 5.33. The number of hydrogen-bond acceptors (Lipinski definition) is 3. The quantitative estimate of drug-likeness (QED) is 0.891. The summed E-state index contributed by atoms with van der Waals surface area (Å²) in [7, 11) is 2.22. The van der Waals surface area contributed by atoms with Gasteiger partial charge in [-0.15, -0.1) is 0 Å². The topological polar surface area (TPSA) is 18.5 Å². The normalized spacial score (nSPS) is 20.6. The lowest BCUT2D eigenvalue weighted by molar-refractivity contribution is 0.139. The van der Waals surface area contributed by atoms with Gasteiger partial charge in [0.2, 0.25) is 0 Å². The van der Waals surface area contributed by atoms with E-state index in [0.29, 0.717) is 6.04 Å². The van der Waals surface area contributed by atoms with Crippen LogP contribution in [0.25, 0.3) is 0 Å². The first-order valence-electron chi connectivity index (χ1n) is 7.84. The minimum Gasteiger partial charge on any atom is -0.368 e. The summed E-state index contributed by atoms with van der Waals surface area (Å²) in [4.78, 5) is 4.94. The maximum atomic E-state index is 3.75. The highest BCUT2D eigenvalue weighted by Gasteiger charge is 2.31. The number of piperazine rings is 1. The van der Waals surface area contributed by atoms with Gasteiger partial charge < -0.3 is 10.2 Å². The highest BCUT2D eigenvalue weighted by atomic mass is 79.9. The number of benzene rings is 1. The van der Waals surface area contributed by atoms with Gasteiger partial charge in [0.05, 0.1) is 0 Å². The number of nitrogens with zero attached hydrogens (tertiary/aromatic N) is 2. The van der Waals surface area contributed by atoms with Crippen molar-refractivity contribution in [3.8, 4) is 0 Å². The fourth-order valence-electron chi connectivity index (χ4n) is 2.94. The van der Waals surface area contributed by atoms with E-state index >= 15 is 0 Å². The number of rotatable bonds is 4. The highest BCUT2D eigenvalue weighted by molar-refractivity contribution is 9.10. The van der Waals surface area contributed by atoms with E-state index in [1.165, 1.54) is 15.7 Å². The zero-order chi connectivity index (χ0) is 15.6. The first-order chi connectivity index (χ1) is 9.85. The van der Waals surface area contributed by atoms with Crippen LogP contribution in [0.15, 0.2) is 22.7 Å². The van der Waals surface area contributed by atoms with Crippen molar-refractivity contribution in [2.75, 3.05) is 38.1 Å². The molecule has 4 heteroatoms. The predicted octanol–water partition coefficient (Wildman–Crippen LogP) is 3.65. The molecular formula is C17H28BrN3. The van der Waals surface area contributed by atoms with Crippen LogP contribution in [0.1, 0.15) is 39.3 Å². The van der Waals surface area contributed by atoms with Crippen LogP contribution >= 0.6 is 15.9 Å². The molecule has 1 heterocycles. The van der Waals surface area contributed by atoms with Crippen molar-refractivity contribution >= 4 is 21.6 Å². The van der Waals surface area contributed by atoms with E-state index in [1.807, 2.05) is 0 Å². The largest absolute Gasteiger partial charge is 0.368 e. The summed E-state index contributed by atoms with van der Waals surface area (Å²) in [6.45, 7) is 13.2. The first kappa shape index (κ1) is 16.8. The summed E-state index contributed by atoms with van der Waals surface area (Å²) >= 11 is 3.75. The van der Waals surface area contributed by atoms with E-state index < -0.39 is 0 Å². The maximum absolute atomic E-state index is 3.75. The van der Waals surface area contributed by atoms with Crippen LogP contribution in [0, 0.1) is 0 Å². The molecular weight excluding hydrogens is 326 g/mol. The molecule has 2 rings (SSSR count). The average Bonchev–Trinajstić information content (AvgIpc) is 2.41. The lowest BCUT2D eigenvalue weighted by Crippen LogP contribution is -2.57. The Labute approximate surface area is 137 Å². The molecule has 1 saturated heterocycles. The summed E-state index contributed by atoms with van der Waals surface area (Å²) in [6, 6.07) is 7.15. The summed E-state index contributed by atoms with van der Waals surface area (Å²) in [5, 5.41) is 3.47. The molecule has 0 bridgehead atoms. The molecule has 1 aliphatic heterocycles. The van der Waals surface area contributed by atoms with Crippen molar-refractivity contribution in [2.45, 2.75) is 39.3 Å². The summed E-state index contributed by atoms with van der Waals surface area (Å²) in [5.74, 6) is 0. The molecule has 1 aliphatic rings. The van der Waals surface area contributed by atoms with Gasteiger partial charge in [-0.05, 0) is 52.1 Å². The maximum Gasteiger partial charge on any atom is 0.0378 e. The molecule has 0 aliphatic carbocycles.